The van der Waals surface area contributed by atoms with Crippen LogP contribution in [0.25, 0.3) is 0 Å². The van der Waals surface area contributed by atoms with Crippen LogP contribution in [0.2, 0.25) is 5.02 Å². The first-order chi connectivity index (χ1) is 11.1. The van der Waals surface area contributed by atoms with Crippen LogP contribution in [-0.2, 0) is 6.54 Å². The van der Waals surface area contributed by atoms with Crippen LogP contribution in [0.3, 0.4) is 0 Å². The first kappa shape index (κ1) is 16.8. The molecule has 0 saturated heterocycles. The zero-order chi connectivity index (χ0) is 16.7. The Morgan fingerprint density at radius 2 is 1.78 bits per heavy atom. The van der Waals surface area contributed by atoms with Crippen molar-refractivity contribution in [3.63, 3.8) is 0 Å². The lowest BCUT2D eigenvalue weighted by Gasteiger charge is -2.11. The van der Waals surface area contributed by atoms with Gasteiger partial charge in [0.15, 0.2) is 0 Å². The molecule has 2 aromatic rings. The van der Waals surface area contributed by atoms with Crippen LogP contribution in [0, 0.1) is 22.7 Å². The number of allylic oxidation sites excluding steroid dienone is 2. The lowest BCUT2D eigenvalue weighted by Crippen LogP contribution is -2.16. The number of nitrogens with two attached hydrogens (primary N) is 1. The van der Waals surface area contributed by atoms with Crippen molar-refractivity contribution in [1.29, 1.82) is 10.5 Å². The third-order valence-electron chi connectivity index (χ3n) is 2.97. The molecule has 0 saturated carbocycles. The van der Waals surface area contributed by atoms with Gasteiger partial charge in [-0.25, -0.2) is 0 Å². The van der Waals surface area contributed by atoms with E-state index < -0.39 is 0 Å². The second kappa shape index (κ2) is 8.14. The van der Waals surface area contributed by atoms with Gasteiger partial charge in [0.2, 0.25) is 0 Å². The molecule has 0 fully saturated rings. The Balaban J connectivity index is 2.17. The molecule has 2 rings (SSSR count). The van der Waals surface area contributed by atoms with E-state index in [-0.39, 0.29) is 11.4 Å². The summed E-state index contributed by atoms with van der Waals surface area (Å²) in [6, 6.07) is 19.1. The van der Waals surface area contributed by atoms with Crippen molar-refractivity contribution in [2.45, 2.75) is 16.3 Å². The molecule has 4 nitrogen and oxygen atoms in total. The van der Waals surface area contributed by atoms with Crippen LogP contribution < -0.4 is 11.1 Å². The van der Waals surface area contributed by atoms with Gasteiger partial charge in [-0.1, -0.05) is 41.6 Å². The van der Waals surface area contributed by atoms with Crippen molar-refractivity contribution in [2.24, 2.45) is 5.73 Å². The third kappa shape index (κ3) is 4.69. The monoisotopic (exact) mass is 340 g/mol. The normalized spacial score (nSPS) is 11.1. The molecular weight excluding hydrogens is 328 g/mol. The van der Waals surface area contributed by atoms with Crippen LogP contribution in [-0.4, -0.2) is 0 Å². The fraction of sp³-hybridized carbons (Fsp3) is 0.0588. The van der Waals surface area contributed by atoms with Crippen molar-refractivity contribution in [3.05, 3.63) is 70.5 Å². The number of benzene rings is 2. The van der Waals surface area contributed by atoms with Crippen LogP contribution in [0.15, 0.2) is 69.7 Å². The quantitative estimate of drug-likeness (QED) is 0.808. The summed E-state index contributed by atoms with van der Waals surface area (Å²) in [7, 11) is 0. The minimum Gasteiger partial charge on any atom is -0.388 e. The topological polar surface area (TPSA) is 85.6 Å². The number of hydrogen-bond donors (Lipinski definition) is 2. The Labute approximate surface area is 144 Å². The molecule has 0 unspecified atom stereocenters. The fourth-order valence-corrected chi connectivity index (χ4v) is 2.88. The zero-order valence-electron chi connectivity index (χ0n) is 12.1. The fourth-order valence-electron chi connectivity index (χ4n) is 1.81. The molecule has 0 amide bonds. The van der Waals surface area contributed by atoms with Crippen molar-refractivity contribution in [3.8, 4) is 12.1 Å². The van der Waals surface area contributed by atoms with Gasteiger partial charge in [-0.05, 0) is 35.9 Å². The third-order valence-corrected chi connectivity index (χ3v) is 4.35. The largest absolute Gasteiger partial charge is 0.388 e. The van der Waals surface area contributed by atoms with Crippen LogP contribution in [0.4, 0.5) is 0 Å². The first-order valence-corrected chi connectivity index (χ1v) is 7.88. The minimum atomic E-state index is -0.115. The summed E-state index contributed by atoms with van der Waals surface area (Å²) >= 11 is 7.50. The standard InChI is InChI=1S/C17H13ClN4S/c18-13-5-7-14(8-6-13)23-17-4-2-1-3-12(17)11-22-16(10-20)15(21)9-19/h1-8,22H,11,21H2. The van der Waals surface area contributed by atoms with Crippen LogP contribution in [0.1, 0.15) is 5.56 Å². The highest BCUT2D eigenvalue weighted by Crippen LogP contribution is 2.31. The number of nitrogens with one attached hydrogen (secondary N) is 1. The van der Waals surface area contributed by atoms with Crippen LogP contribution in [0.5, 0.6) is 0 Å². The Morgan fingerprint density at radius 3 is 2.43 bits per heavy atom. The molecule has 0 heterocycles. The average molecular weight is 341 g/mol. The van der Waals surface area contributed by atoms with Crippen molar-refractivity contribution < 1.29 is 0 Å². The highest BCUT2D eigenvalue weighted by atomic mass is 35.5. The molecule has 0 aliphatic heterocycles. The maximum Gasteiger partial charge on any atom is 0.148 e. The Morgan fingerprint density at radius 1 is 1.09 bits per heavy atom. The van der Waals surface area contributed by atoms with E-state index >= 15 is 0 Å². The molecule has 0 bridgehead atoms. The molecule has 0 radical (unpaired) electrons. The molecule has 3 N–H and O–H groups in total. The Bertz CT molecular complexity index is 801. The Kier molecular flexibility index (Phi) is 5.94. The van der Waals surface area contributed by atoms with Gasteiger partial charge in [0.05, 0.1) is 0 Å². The van der Waals surface area contributed by atoms with Crippen molar-refractivity contribution >= 4 is 23.4 Å². The zero-order valence-corrected chi connectivity index (χ0v) is 13.7. The highest BCUT2D eigenvalue weighted by molar-refractivity contribution is 7.99. The molecule has 2 aromatic carbocycles. The van der Waals surface area contributed by atoms with Crippen LogP contribution >= 0.6 is 23.4 Å². The average Bonchev–Trinajstić information content (AvgIpc) is 2.58. The highest BCUT2D eigenvalue weighted by Gasteiger charge is 2.07. The predicted octanol–water partition coefficient (Wildman–Crippen LogP) is 3.80. The predicted molar refractivity (Wildman–Crippen MR) is 91.3 cm³/mol. The molecule has 6 heteroatoms. The van der Waals surface area contributed by atoms with E-state index in [0.29, 0.717) is 11.6 Å². The van der Waals surface area contributed by atoms with Gasteiger partial charge in [-0.3, -0.25) is 0 Å². The lowest BCUT2D eigenvalue weighted by atomic mass is 10.2. The van der Waals surface area contributed by atoms with E-state index in [1.54, 1.807) is 17.8 Å². The number of halogens is 1. The minimum absolute atomic E-state index is 0.0822. The molecule has 0 aliphatic carbocycles. The summed E-state index contributed by atoms with van der Waals surface area (Å²) in [6.45, 7) is 0.405. The summed E-state index contributed by atoms with van der Waals surface area (Å²) in [5.41, 5.74) is 6.46. The lowest BCUT2D eigenvalue weighted by molar-refractivity contribution is 0.813. The van der Waals surface area contributed by atoms with Gasteiger partial charge in [-0.2, -0.15) is 10.5 Å². The number of rotatable bonds is 5. The van der Waals surface area contributed by atoms with E-state index in [1.165, 1.54) is 0 Å². The summed E-state index contributed by atoms with van der Waals surface area (Å²) < 4.78 is 0. The molecule has 0 aromatic heterocycles. The molecule has 0 spiro atoms. The summed E-state index contributed by atoms with van der Waals surface area (Å²) in [5, 5.41) is 21.4. The van der Waals surface area contributed by atoms with Crippen molar-refractivity contribution in [2.75, 3.05) is 0 Å². The summed E-state index contributed by atoms with van der Waals surface area (Å²) in [5.74, 6) is 0. The van der Waals surface area contributed by atoms with Gasteiger partial charge in [0.1, 0.15) is 23.5 Å². The summed E-state index contributed by atoms with van der Waals surface area (Å²) in [4.78, 5) is 2.12. The second-order valence-electron chi connectivity index (χ2n) is 4.53. The molecular formula is C17H13ClN4S. The number of hydrogen-bond acceptors (Lipinski definition) is 5. The van der Waals surface area contributed by atoms with Gasteiger partial charge in [-0.15, -0.1) is 0 Å². The van der Waals surface area contributed by atoms with Gasteiger partial charge < -0.3 is 11.1 Å². The van der Waals surface area contributed by atoms with Crippen molar-refractivity contribution in [1.82, 2.24) is 5.32 Å². The maximum absolute atomic E-state index is 9.02. The summed E-state index contributed by atoms with van der Waals surface area (Å²) in [6.07, 6.45) is 0. The van der Waals surface area contributed by atoms with Gasteiger partial charge in [0.25, 0.3) is 0 Å². The Hall–Kier alpha value is -2.60. The van der Waals surface area contributed by atoms with Gasteiger partial charge >= 0.3 is 0 Å². The number of nitrogens with zero attached hydrogens (tertiary/aromatic N) is 2. The molecule has 23 heavy (non-hydrogen) atoms. The van der Waals surface area contributed by atoms with E-state index in [0.717, 1.165) is 15.4 Å². The van der Waals surface area contributed by atoms with E-state index in [4.69, 9.17) is 27.9 Å². The van der Waals surface area contributed by atoms with E-state index in [2.05, 4.69) is 5.32 Å². The molecule has 0 aliphatic rings. The second-order valence-corrected chi connectivity index (χ2v) is 6.08. The number of nitriles is 2. The van der Waals surface area contributed by atoms with Gasteiger partial charge in [0, 0.05) is 21.4 Å². The maximum atomic E-state index is 9.02. The SMILES string of the molecule is N#CC(N)=C(C#N)NCc1ccccc1Sc1ccc(Cl)cc1. The molecule has 0 atom stereocenters. The van der Waals surface area contributed by atoms with E-state index in [1.807, 2.05) is 54.6 Å². The molecule has 114 valence electrons. The van der Waals surface area contributed by atoms with E-state index in [9.17, 15) is 0 Å². The first-order valence-electron chi connectivity index (χ1n) is 6.69. The smallest absolute Gasteiger partial charge is 0.148 e.